The van der Waals surface area contributed by atoms with Crippen LogP contribution >= 0.6 is 0 Å². The van der Waals surface area contributed by atoms with Gasteiger partial charge in [-0.05, 0) is 24.6 Å². The van der Waals surface area contributed by atoms with Gasteiger partial charge in [-0.1, -0.05) is 6.07 Å². The molecule has 1 unspecified atom stereocenters. The van der Waals surface area contributed by atoms with Crippen LogP contribution in [0.25, 0.3) is 11.0 Å². The molecule has 0 bridgehead atoms. The maximum absolute atomic E-state index is 5.78. The Morgan fingerprint density at radius 1 is 1.46 bits per heavy atom. The van der Waals surface area contributed by atoms with Crippen molar-refractivity contribution in [3.63, 3.8) is 0 Å². The largest absolute Gasteiger partial charge is 0.334 e. The van der Waals surface area contributed by atoms with E-state index in [0.717, 1.165) is 16.6 Å². The van der Waals surface area contributed by atoms with Gasteiger partial charge in [-0.15, -0.1) is 0 Å². The van der Waals surface area contributed by atoms with E-state index in [9.17, 15) is 0 Å². The summed E-state index contributed by atoms with van der Waals surface area (Å²) >= 11 is 0. The molecular weight excluding hydrogens is 162 g/mol. The van der Waals surface area contributed by atoms with E-state index in [0.29, 0.717) is 0 Å². The molecule has 1 heterocycles. The number of fused-ring (bicyclic) bond motifs is 1. The predicted molar refractivity (Wildman–Crippen MR) is 53.3 cm³/mol. The number of rotatable bonds is 1. The molecule has 1 aromatic carbocycles. The second kappa shape index (κ2) is 2.85. The van der Waals surface area contributed by atoms with Crippen molar-refractivity contribution in [1.29, 1.82) is 0 Å². The molecule has 0 amide bonds. The zero-order valence-corrected chi connectivity index (χ0v) is 7.86. The Morgan fingerprint density at radius 2 is 2.23 bits per heavy atom. The molecule has 0 spiro atoms. The number of hydrogen-bond donors (Lipinski definition) is 1. The Labute approximate surface area is 77.2 Å². The van der Waals surface area contributed by atoms with Gasteiger partial charge >= 0.3 is 0 Å². The average molecular weight is 175 g/mol. The van der Waals surface area contributed by atoms with Gasteiger partial charge in [0.05, 0.1) is 17.4 Å². The van der Waals surface area contributed by atoms with E-state index in [1.165, 1.54) is 0 Å². The smallest absolute Gasteiger partial charge is 0.0955 e. The minimum atomic E-state index is 0.0754. The lowest BCUT2D eigenvalue weighted by Crippen LogP contribution is -2.04. The minimum absolute atomic E-state index is 0.0754. The molecule has 0 saturated carbocycles. The first-order valence-corrected chi connectivity index (χ1v) is 4.35. The van der Waals surface area contributed by atoms with Crippen LogP contribution in [0.15, 0.2) is 24.5 Å². The predicted octanol–water partition coefficient (Wildman–Crippen LogP) is 1.59. The summed E-state index contributed by atoms with van der Waals surface area (Å²) in [6, 6.07) is 6.22. The summed E-state index contributed by atoms with van der Waals surface area (Å²) < 4.78 is 2.00. The fourth-order valence-electron chi connectivity index (χ4n) is 1.44. The first-order valence-electron chi connectivity index (χ1n) is 4.35. The molecule has 1 atom stereocenters. The highest BCUT2D eigenvalue weighted by Crippen LogP contribution is 2.17. The lowest BCUT2D eigenvalue weighted by Gasteiger charge is -2.04. The van der Waals surface area contributed by atoms with Gasteiger partial charge in [0.25, 0.3) is 0 Å². The first-order chi connectivity index (χ1) is 6.18. The van der Waals surface area contributed by atoms with E-state index in [-0.39, 0.29) is 6.04 Å². The van der Waals surface area contributed by atoms with Gasteiger partial charge < -0.3 is 10.3 Å². The number of nitrogens with zero attached hydrogens (tertiary/aromatic N) is 2. The van der Waals surface area contributed by atoms with Gasteiger partial charge in [0, 0.05) is 13.1 Å². The summed E-state index contributed by atoms with van der Waals surface area (Å²) in [5, 5.41) is 0. The number of aryl methyl sites for hydroxylation is 1. The Kier molecular flexibility index (Phi) is 1.81. The summed E-state index contributed by atoms with van der Waals surface area (Å²) in [5.74, 6) is 0. The molecule has 68 valence electrons. The molecule has 0 radical (unpaired) electrons. The van der Waals surface area contributed by atoms with Crippen molar-refractivity contribution in [2.24, 2.45) is 12.8 Å². The minimum Gasteiger partial charge on any atom is -0.334 e. The monoisotopic (exact) mass is 175 g/mol. The van der Waals surface area contributed by atoms with Crippen LogP contribution in [0.4, 0.5) is 0 Å². The highest BCUT2D eigenvalue weighted by molar-refractivity contribution is 5.76. The normalized spacial score (nSPS) is 13.5. The van der Waals surface area contributed by atoms with E-state index in [1.54, 1.807) is 0 Å². The van der Waals surface area contributed by atoms with Gasteiger partial charge in [0.2, 0.25) is 0 Å². The summed E-state index contributed by atoms with van der Waals surface area (Å²) in [6.07, 6.45) is 1.82. The van der Waals surface area contributed by atoms with Crippen LogP contribution in [-0.4, -0.2) is 9.55 Å². The molecular formula is C10H13N3. The molecule has 2 N–H and O–H groups in total. The highest BCUT2D eigenvalue weighted by Gasteiger charge is 2.03. The maximum Gasteiger partial charge on any atom is 0.0955 e. The first kappa shape index (κ1) is 8.26. The summed E-state index contributed by atoms with van der Waals surface area (Å²) in [7, 11) is 1.99. The van der Waals surface area contributed by atoms with Crippen LogP contribution in [0.1, 0.15) is 18.5 Å². The molecule has 13 heavy (non-hydrogen) atoms. The van der Waals surface area contributed by atoms with Gasteiger partial charge in [-0.25, -0.2) is 4.98 Å². The molecule has 0 aliphatic rings. The topological polar surface area (TPSA) is 43.8 Å². The number of benzene rings is 1. The summed E-state index contributed by atoms with van der Waals surface area (Å²) in [5.41, 5.74) is 9.06. The molecule has 0 aliphatic carbocycles. The van der Waals surface area contributed by atoms with Gasteiger partial charge in [0.15, 0.2) is 0 Å². The van der Waals surface area contributed by atoms with E-state index in [1.807, 2.05) is 30.9 Å². The number of hydrogen-bond acceptors (Lipinski definition) is 2. The number of nitrogens with two attached hydrogens (primary N) is 1. The third-order valence-corrected chi connectivity index (χ3v) is 2.28. The van der Waals surface area contributed by atoms with Crippen molar-refractivity contribution in [1.82, 2.24) is 9.55 Å². The maximum atomic E-state index is 5.78. The molecule has 3 nitrogen and oxygen atoms in total. The van der Waals surface area contributed by atoms with Crippen LogP contribution < -0.4 is 5.73 Å². The van der Waals surface area contributed by atoms with Crippen molar-refractivity contribution in [2.75, 3.05) is 0 Å². The molecule has 0 aliphatic heterocycles. The van der Waals surface area contributed by atoms with Gasteiger partial charge in [-0.3, -0.25) is 0 Å². The van der Waals surface area contributed by atoms with Crippen molar-refractivity contribution in [3.05, 3.63) is 30.1 Å². The fraction of sp³-hybridized carbons (Fsp3) is 0.300. The molecule has 0 fully saturated rings. The van der Waals surface area contributed by atoms with Crippen molar-refractivity contribution in [3.8, 4) is 0 Å². The SMILES string of the molecule is CC(N)c1ccc2c(c1)ncn2C. The Hall–Kier alpha value is -1.35. The Balaban J connectivity index is 2.63. The number of imidazole rings is 1. The third-order valence-electron chi connectivity index (χ3n) is 2.28. The summed E-state index contributed by atoms with van der Waals surface area (Å²) in [6.45, 7) is 1.98. The second-order valence-electron chi connectivity index (χ2n) is 3.39. The van der Waals surface area contributed by atoms with Gasteiger partial charge in [0.1, 0.15) is 0 Å². The molecule has 2 rings (SSSR count). The van der Waals surface area contributed by atoms with Crippen LogP contribution in [0, 0.1) is 0 Å². The Bertz CT molecular complexity index is 429. The van der Waals surface area contributed by atoms with Crippen molar-refractivity contribution in [2.45, 2.75) is 13.0 Å². The van der Waals surface area contributed by atoms with E-state index in [2.05, 4.69) is 17.1 Å². The van der Waals surface area contributed by atoms with Crippen LogP contribution in [0.3, 0.4) is 0 Å². The molecule has 3 heteroatoms. The fourth-order valence-corrected chi connectivity index (χ4v) is 1.44. The highest BCUT2D eigenvalue weighted by atomic mass is 15.0. The van der Waals surface area contributed by atoms with Crippen LogP contribution in [-0.2, 0) is 7.05 Å². The van der Waals surface area contributed by atoms with Crippen LogP contribution in [0.2, 0.25) is 0 Å². The lowest BCUT2D eigenvalue weighted by molar-refractivity contribution is 0.819. The Morgan fingerprint density at radius 3 is 2.92 bits per heavy atom. The zero-order valence-electron chi connectivity index (χ0n) is 7.86. The standard InChI is InChI=1S/C10H13N3/c1-7(11)8-3-4-10-9(5-8)12-6-13(10)2/h3-7H,11H2,1-2H3. The van der Waals surface area contributed by atoms with E-state index >= 15 is 0 Å². The van der Waals surface area contributed by atoms with Crippen molar-refractivity contribution < 1.29 is 0 Å². The number of aromatic nitrogens is 2. The quantitative estimate of drug-likeness (QED) is 0.715. The van der Waals surface area contributed by atoms with Crippen molar-refractivity contribution >= 4 is 11.0 Å². The third kappa shape index (κ3) is 1.31. The van der Waals surface area contributed by atoms with Crippen LogP contribution in [0.5, 0.6) is 0 Å². The lowest BCUT2D eigenvalue weighted by atomic mass is 10.1. The second-order valence-corrected chi connectivity index (χ2v) is 3.39. The molecule has 2 aromatic rings. The molecule has 0 saturated heterocycles. The molecule has 1 aromatic heterocycles. The van der Waals surface area contributed by atoms with Gasteiger partial charge in [-0.2, -0.15) is 0 Å². The van der Waals surface area contributed by atoms with E-state index in [4.69, 9.17) is 5.73 Å². The average Bonchev–Trinajstić information content (AvgIpc) is 2.47. The van der Waals surface area contributed by atoms with E-state index < -0.39 is 0 Å². The zero-order chi connectivity index (χ0) is 9.42. The summed E-state index contributed by atoms with van der Waals surface area (Å²) in [4.78, 5) is 4.27.